The fraction of sp³-hybridized carbons (Fsp3) is 0.382. The zero-order valence-corrected chi connectivity index (χ0v) is 26.4. The summed E-state index contributed by atoms with van der Waals surface area (Å²) in [4.78, 5) is 4.16. The predicted octanol–water partition coefficient (Wildman–Crippen LogP) is 10.8. The van der Waals surface area contributed by atoms with Gasteiger partial charge in [-0.3, -0.25) is 4.98 Å². The van der Waals surface area contributed by atoms with E-state index in [0.717, 1.165) is 11.1 Å². The quantitative estimate of drug-likeness (QED) is 0.282. The predicted molar refractivity (Wildman–Crippen MR) is 178 cm³/mol. The second kappa shape index (κ2) is 35.0. The molecule has 3 nitrogen and oxygen atoms in total. The Morgan fingerprint density at radius 3 is 1.76 bits per heavy atom. The van der Waals surface area contributed by atoms with Crippen LogP contribution in [0.15, 0.2) is 104 Å². The SMILES string of the molecule is C=C/C=C(\C)C(=C)C=C.C=CC.CC.CC.CC.CCC.CN.Cn1c2ccccc2c2cnccc21. The van der Waals surface area contributed by atoms with Crippen molar-refractivity contribution in [3.05, 3.63) is 104 Å². The van der Waals surface area contributed by atoms with Crippen molar-refractivity contribution in [2.24, 2.45) is 12.8 Å². The van der Waals surface area contributed by atoms with E-state index in [2.05, 4.69) is 92.8 Å². The highest BCUT2D eigenvalue weighted by Gasteiger charge is 2.05. The van der Waals surface area contributed by atoms with Crippen LogP contribution >= 0.6 is 0 Å². The van der Waals surface area contributed by atoms with E-state index in [0.29, 0.717) is 0 Å². The Balaban J connectivity index is -0.000000129. The van der Waals surface area contributed by atoms with Gasteiger partial charge in [0.2, 0.25) is 0 Å². The summed E-state index contributed by atoms with van der Waals surface area (Å²) in [7, 11) is 3.59. The average molecular weight is 510 g/mol. The number of benzene rings is 1. The maximum atomic E-state index is 4.50. The number of hydrogen-bond donors (Lipinski definition) is 1. The van der Waals surface area contributed by atoms with Crippen LogP contribution in [0.5, 0.6) is 0 Å². The summed E-state index contributed by atoms with van der Waals surface area (Å²) in [6.45, 7) is 34.4. The molecule has 1 aromatic carbocycles. The Labute approximate surface area is 231 Å². The van der Waals surface area contributed by atoms with Gasteiger partial charge in [-0.15, -0.1) is 6.58 Å². The smallest absolute Gasteiger partial charge is 0.0519 e. The first-order chi connectivity index (χ1) is 17.9. The van der Waals surface area contributed by atoms with E-state index in [1.165, 1.54) is 35.3 Å². The molecular formula is C34H59N3. The van der Waals surface area contributed by atoms with Crippen LogP contribution < -0.4 is 5.73 Å². The second-order valence-electron chi connectivity index (χ2n) is 6.40. The summed E-state index contributed by atoms with van der Waals surface area (Å²) >= 11 is 0. The summed E-state index contributed by atoms with van der Waals surface area (Å²) in [5.74, 6) is 0. The number of nitrogens with two attached hydrogens (primary N) is 1. The third-order valence-corrected chi connectivity index (χ3v) is 3.84. The zero-order chi connectivity index (χ0) is 30.2. The molecule has 0 aliphatic heterocycles. The molecule has 2 N–H and O–H groups in total. The van der Waals surface area contributed by atoms with E-state index in [1.54, 1.807) is 18.2 Å². The van der Waals surface area contributed by atoms with E-state index in [-0.39, 0.29) is 0 Å². The number of fused-ring (bicyclic) bond motifs is 3. The number of pyridine rings is 1. The second-order valence-corrected chi connectivity index (χ2v) is 6.40. The number of rotatable bonds is 3. The first-order valence-corrected chi connectivity index (χ1v) is 13.5. The molecule has 0 aliphatic rings. The lowest BCUT2D eigenvalue weighted by Gasteiger charge is -1.95. The fourth-order valence-corrected chi connectivity index (χ4v) is 2.46. The molecule has 3 heteroatoms. The van der Waals surface area contributed by atoms with Crippen LogP contribution in [-0.4, -0.2) is 16.6 Å². The minimum absolute atomic E-state index is 0.954. The van der Waals surface area contributed by atoms with Crippen LogP contribution in [0.4, 0.5) is 0 Å². The van der Waals surface area contributed by atoms with Crippen LogP contribution in [0, 0.1) is 0 Å². The molecule has 210 valence electrons. The van der Waals surface area contributed by atoms with Crippen molar-refractivity contribution in [2.45, 2.75) is 75.7 Å². The summed E-state index contributed by atoms with van der Waals surface area (Å²) < 4.78 is 2.20. The van der Waals surface area contributed by atoms with Crippen LogP contribution in [0.25, 0.3) is 21.8 Å². The van der Waals surface area contributed by atoms with Gasteiger partial charge in [-0.25, -0.2) is 0 Å². The van der Waals surface area contributed by atoms with E-state index >= 15 is 0 Å². The molecule has 0 fully saturated rings. The molecule has 37 heavy (non-hydrogen) atoms. The van der Waals surface area contributed by atoms with E-state index < -0.39 is 0 Å². The Hall–Kier alpha value is -3.17. The molecular weight excluding hydrogens is 450 g/mol. The van der Waals surface area contributed by atoms with Gasteiger partial charge in [0.25, 0.3) is 0 Å². The van der Waals surface area contributed by atoms with Gasteiger partial charge in [0.1, 0.15) is 0 Å². The van der Waals surface area contributed by atoms with E-state index in [4.69, 9.17) is 0 Å². The maximum Gasteiger partial charge on any atom is 0.0519 e. The number of aromatic nitrogens is 2. The monoisotopic (exact) mass is 509 g/mol. The molecule has 2 aromatic heterocycles. The summed E-state index contributed by atoms with van der Waals surface area (Å²) in [5, 5.41) is 2.50. The van der Waals surface area contributed by atoms with Crippen molar-refractivity contribution in [1.29, 1.82) is 0 Å². The van der Waals surface area contributed by atoms with E-state index in [1.807, 2.05) is 73.9 Å². The van der Waals surface area contributed by atoms with Crippen LogP contribution in [0.3, 0.4) is 0 Å². The molecule has 0 saturated carbocycles. The minimum atomic E-state index is 0.954. The number of allylic oxidation sites excluding steroid dienone is 6. The van der Waals surface area contributed by atoms with Crippen LogP contribution in [-0.2, 0) is 7.05 Å². The standard InChI is InChI=1S/C12H10N2.C9H12.C3H8.C3H6.3C2H6.CH5N/c1-14-11-5-3-2-4-9(11)10-8-13-7-6-12(10)14;1-5-7-9(4)8(3)6-2;2*1-3-2;4*1-2/h2-8H,1H3;5-7H,1-3H2,4H3;3H2,1-2H3;3H,1H2,2H3;3*1-2H3;2H2,1H3/b;9-7+;;;;;;. The highest BCUT2D eigenvalue weighted by Crippen LogP contribution is 2.26. The lowest BCUT2D eigenvalue weighted by atomic mass is 10.1. The van der Waals surface area contributed by atoms with Crippen molar-refractivity contribution in [2.75, 3.05) is 7.05 Å². The topological polar surface area (TPSA) is 43.8 Å². The first-order valence-electron chi connectivity index (χ1n) is 13.5. The van der Waals surface area contributed by atoms with Crippen molar-refractivity contribution in [1.82, 2.24) is 9.55 Å². The number of aryl methyl sites for hydroxylation is 1. The zero-order valence-electron chi connectivity index (χ0n) is 26.4. The van der Waals surface area contributed by atoms with Crippen LogP contribution in [0.1, 0.15) is 75.7 Å². The minimum Gasteiger partial charge on any atom is -0.344 e. The lowest BCUT2D eigenvalue weighted by molar-refractivity contribution is 1.01. The van der Waals surface area contributed by atoms with Crippen molar-refractivity contribution in [3.63, 3.8) is 0 Å². The lowest BCUT2D eigenvalue weighted by Crippen LogP contribution is -1.85. The van der Waals surface area contributed by atoms with Crippen LogP contribution in [0.2, 0.25) is 0 Å². The molecule has 0 bridgehead atoms. The number of hydrogen-bond acceptors (Lipinski definition) is 2. The number of para-hydroxylation sites is 1. The molecule has 0 aliphatic carbocycles. The Morgan fingerprint density at radius 1 is 0.892 bits per heavy atom. The van der Waals surface area contributed by atoms with Gasteiger partial charge in [-0.1, -0.05) is 124 Å². The molecule has 0 amide bonds. The van der Waals surface area contributed by atoms with Crippen molar-refractivity contribution in [3.8, 4) is 0 Å². The van der Waals surface area contributed by atoms with Gasteiger partial charge < -0.3 is 10.3 Å². The molecule has 0 atom stereocenters. The highest BCUT2D eigenvalue weighted by molar-refractivity contribution is 6.07. The average Bonchev–Trinajstić information content (AvgIpc) is 3.26. The van der Waals surface area contributed by atoms with Gasteiger partial charge in [-0.2, -0.15) is 0 Å². The fourth-order valence-electron chi connectivity index (χ4n) is 2.46. The van der Waals surface area contributed by atoms with Gasteiger partial charge in [0, 0.05) is 35.7 Å². The Morgan fingerprint density at radius 2 is 1.32 bits per heavy atom. The summed E-state index contributed by atoms with van der Waals surface area (Å²) in [6, 6.07) is 10.5. The Bertz CT molecular complexity index is 906. The first kappa shape index (κ1) is 43.9. The number of nitrogens with zero attached hydrogens (tertiary/aromatic N) is 2. The molecule has 2 heterocycles. The van der Waals surface area contributed by atoms with Crippen molar-refractivity contribution >= 4 is 21.8 Å². The molecule has 3 aromatic rings. The molecule has 0 radical (unpaired) electrons. The third-order valence-electron chi connectivity index (χ3n) is 3.84. The molecule has 0 unspecified atom stereocenters. The van der Waals surface area contributed by atoms with Gasteiger partial charge in [0.05, 0.1) is 5.52 Å². The Kier molecular flexibility index (Phi) is 41.5. The summed E-state index contributed by atoms with van der Waals surface area (Å²) in [6.07, 6.45) is 12.1. The molecule has 0 spiro atoms. The summed E-state index contributed by atoms with van der Waals surface area (Å²) in [5.41, 5.74) is 9.06. The van der Waals surface area contributed by atoms with Gasteiger partial charge in [0.15, 0.2) is 0 Å². The highest BCUT2D eigenvalue weighted by atomic mass is 14.9. The van der Waals surface area contributed by atoms with Gasteiger partial charge >= 0.3 is 0 Å². The van der Waals surface area contributed by atoms with Gasteiger partial charge in [-0.05, 0) is 44.2 Å². The molecule has 0 saturated heterocycles. The maximum absolute atomic E-state index is 4.50. The largest absolute Gasteiger partial charge is 0.344 e. The third kappa shape index (κ3) is 19.7. The van der Waals surface area contributed by atoms with Crippen molar-refractivity contribution < 1.29 is 0 Å². The van der Waals surface area contributed by atoms with E-state index in [9.17, 15) is 0 Å². The normalized spacial score (nSPS) is 8.30. The molecule has 3 rings (SSSR count).